The number of carboxylic acid groups (broad SMARTS) is 1. The highest BCUT2D eigenvalue weighted by Gasteiger charge is 2.14. The molecule has 0 saturated heterocycles. The first kappa shape index (κ1) is 15.7. The van der Waals surface area contributed by atoms with Crippen molar-refractivity contribution in [1.29, 1.82) is 0 Å². The van der Waals surface area contributed by atoms with Crippen LogP contribution in [-0.2, 0) is 0 Å². The van der Waals surface area contributed by atoms with Gasteiger partial charge in [0.2, 0.25) is 0 Å². The number of aryl methyl sites for hydroxylation is 1. The Balaban J connectivity index is 2.22. The molecule has 0 aliphatic heterocycles. The first-order valence-corrected chi connectivity index (χ1v) is 7.51. The van der Waals surface area contributed by atoms with Crippen molar-refractivity contribution in [3.05, 3.63) is 57.9 Å². The number of hydrogen-bond acceptors (Lipinski definition) is 4. The van der Waals surface area contributed by atoms with E-state index in [-0.39, 0.29) is 16.5 Å². The average Bonchev–Trinajstić information content (AvgIpc) is 2.56. The van der Waals surface area contributed by atoms with Crippen molar-refractivity contribution in [2.45, 2.75) is 13.8 Å². The van der Waals surface area contributed by atoms with Gasteiger partial charge < -0.3 is 14.8 Å². The minimum Gasteiger partial charge on any atom is -0.493 e. The molecule has 6 heteroatoms. The molecule has 0 fully saturated rings. The Morgan fingerprint density at radius 1 is 1.29 bits per heavy atom. The number of aromatic nitrogens is 2. The number of nitrogens with one attached hydrogen (secondary N) is 1. The van der Waals surface area contributed by atoms with Crippen molar-refractivity contribution in [3.8, 4) is 17.1 Å². The fraction of sp³-hybridized carbons (Fsp3) is 0.167. The summed E-state index contributed by atoms with van der Waals surface area (Å²) in [5.41, 5.74) is 1.73. The summed E-state index contributed by atoms with van der Waals surface area (Å²) in [4.78, 5) is 30.6. The van der Waals surface area contributed by atoms with E-state index in [0.717, 1.165) is 5.56 Å². The molecular formula is C18H16N2O4. The zero-order valence-electron chi connectivity index (χ0n) is 13.3. The standard InChI is InChI=1S/C18H16N2O4/c1-3-24-15-10(2)5-4-6-12(15)16-19-14-8-7-11(18(22)23)9-13(14)17(21)20-16/h4-9H,3H2,1-2H3,(H,22,23)(H,19,20,21). The minimum absolute atomic E-state index is 0.0492. The van der Waals surface area contributed by atoms with Gasteiger partial charge in [0.15, 0.2) is 0 Å². The van der Waals surface area contributed by atoms with Crippen molar-refractivity contribution >= 4 is 16.9 Å². The van der Waals surface area contributed by atoms with Gasteiger partial charge >= 0.3 is 5.97 Å². The Kier molecular flexibility index (Phi) is 4.04. The topological polar surface area (TPSA) is 92.3 Å². The van der Waals surface area contributed by atoms with Gasteiger partial charge in [0.25, 0.3) is 5.56 Å². The molecule has 2 aromatic carbocycles. The second kappa shape index (κ2) is 6.16. The first-order chi connectivity index (χ1) is 11.5. The van der Waals surface area contributed by atoms with E-state index in [1.807, 2.05) is 32.0 Å². The van der Waals surface area contributed by atoms with Crippen LogP contribution in [0.3, 0.4) is 0 Å². The third kappa shape index (κ3) is 2.74. The lowest BCUT2D eigenvalue weighted by molar-refractivity contribution is 0.0697. The van der Waals surface area contributed by atoms with Crippen molar-refractivity contribution in [2.75, 3.05) is 6.61 Å². The van der Waals surface area contributed by atoms with E-state index >= 15 is 0 Å². The van der Waals surface area contributed by atoms with Crippen LogP contribution in [0.5, 0.6) is 5.75 Å². The van der Waals surface area contributed by atoms with Crippen LogP contribution in [-0.4, -0.2) is 27.7 Å². The van der Waals surface area contributed by atoms with E-state index in [2.05, 4.69) is 9.97 Å². The monoisotopic (exact) mass is 324 g/mol. The Hall–Kier alpha value is -3.15. The number of H-pyrrole nitrogens is 1. The minimum atomic E-state index is -1.09. The number of carboxylic acids is 1. The number of benzene rings is 2. The first-order valence-electron chi connectivity index (χ1n) is 7.51. The van der Waals surface area contributed by atoms with Crippen LogP contribution in [0.15, 0.2) is 41.2 Å². The number of carbonyl (C=O) groups is 1. The second-order valence-electron chi connectivity index (χ2n) is 5.34. The predicted molar refractivity (Wildman–Crippen MR) is 90.7 cm³/mol. The largest absolute Gasteiger partial charge is 0.493 e. The lowest BCUT2D eigenvalue weighted by Gasteiger charge is -2.12. The van der Waals surface area contributed by atoms with Crippen LogP contribution >= 0.6 is 0 Å². The summed E-state index contributed by atoms with van der Waals surface area (Å²) >= 11 is 0. The number of fused-ring (bicyclic) bond motifs is 1. The van der Waals surface area contributed by atoms with Gasteiger partial charge in [0.1, 0.15) is 11.6 Å². The van der Waals surface area contributed by atoms with E-state index in [9.17, 15) is 9.59 Å². The van der Waals surface area contributed by atoms with Gasteiger partial charge in [-0.2, -0.15) is 0 Å². The van der Waals surface area contributed by atoms with Crippen molar-refractivity contribution in [3.63, 3.8) is 0 Å². The molecule has 2 N–H and O–H groups in total. The molecule has 0 unspecified atom stereocenters. The van der Waals surface area contributed by atoms with Gasteiger partial charge in [-0.25, -0.2) is 9.78 Å². The van der Waals surface area contributed by atoms with Gasteiger partial charge in [-0.05, 0) is 43.7 Å². The summed E-state index contributed by atoms with van der Waals surface area (Å²) in [7, 11) is 0. The fourth-order valence-electron chi connectivity index (χ4n) is 2.57. The van der Waals surface area contributed by atoms with Gasteiger partial charge in [-0.3, -0.25) is 4.79 Å². The quantitative estimate of drug-likeness (QED) is 0.769. The van der Waals surface area contributed by atoms with Crippen LogP contribution in [0.25, 0.3) is 22.3 Å². The molecule has 24 heavy (non-hydrogen) atoms. The maximum atomic E-state index is 12.4. The number of aromatic amines is 1. The summed E-state index contributed by atoms with van der Waals surface area (Å²) in [5.74, 6) is -0.0231. The molecule has 0 spiro atoms. The Morgan fingerprint density at radius 2 is 2.08 bits per heavy atom. The zero-order valence-corrected chi connectivity index (χ0v) is 13.3. The van der Waals surface area contributed by atoms with Crippen LogP contribution in [0, 0.1) is 6.92 Å². The number of aromatic carboxylic acids is 1. The third-order valence-corrected chi connectivity index (χ3v) is 3.71. The van der Waals surface area contributed by atoms with Gasteiger partial charge in [0.05, 0.1) is 28.6 Å². The van der Waals surface area contributed by atoms with Crippen molar-refractivity contribution < 1.29 is 14.6 Å². The van der Waals surface area contributed by atoms with E-state index in [1.54, 1.807) is 0 Å². The highest BCUT2D eigenvalue weighted by atomic mass is 16.5. The van der Waals surface area contributed by atoms with Gasteiger partial charge in [-0.15, -0.1) is 0 Å². The number of hydrogen-bond donors (Lipinski definition) is 2. The molecule has 3 rings (SSSR count). The maximum Gasteiger partial charge on any atom is 0.335 e. The number of para-hydroxylation sites is 1. The number of rotatable bonds is 4. The summed E-state index contributed by atoms with van der Waals surface area (Å²) in [5, 5.41) is 9.28. The van der Waals surface area contributed by atoms with E-state index in [1.165, 1.54) is 18.2 Å². The molecule has 1 aromatic heterocycles. The van der Waals surface area contributed by atoms with Gasteiger partial charge in [0, 0.05) is 0 Å². The highest BCUT2D eigenvalue weighted by Crippen LogP contribution is 2.31. The molecule has 122 valence electrons. The molecule has 0 aliphatic rings. The highest BCUT2D eigenvalue weighted by molar-refractivity contribution is 5.93. The van der Waals surface area contributed by atoms with Crippen molar-refractivity contribution in [1.82, 2.24) is 9.97 Å². The second-order valence-corrected chi connectivity index (χ2v) is 5.34. The van der Waals surface area contributed by atoms with Crippen molar-refractivity contribution in [2.24, 2.45) is 0 Å². The normalized spacial score (nSPS) is 10.8. The lowest BCUT2D eigenvalue weighted by Crippen LogP contribution is -2.11. The predicted octanol–water partition coefficient (Wildman–Crippen LogP) is 3.00. The van der Waals surface area contributed by atoms with Crippen LogP contribution in [0.1, 0.15) is 22.8 Å². The molecule has 3 aromatic rings. The molecule has 6 nitrogen and oxygen atoms in total. The zero-order chi connectivity index (χ0) is 17.3. The molecule has 0 radical (unpaired) electrons. The van der Waals surface area contributed by atoms with E-state index in [0.29, 0.717) is 29.3 Å². The third-order valence-electron chi connectivity index (χ3n) is 3.71. The Bertz CT molecular complexity index is 992. The SMILES string of the molecule is CCOc1c(C)cccc1-c1nc2ccc(C(=O)O)cc2c(=O)[nH]1. The smallest absolute Gasteiger partial charge is 0.335 e. The van der Waals surface area contributed by atoms with Gasteiger partial charge in [-0.1, -0.05) is 12.1 Å². The summed E-state index contributed by atoms with van der Waals surface area (Å²) in [6.07, 6.45) is 0. The number of nitrogens with zero attached hydrogens (tertiary/aromatic N) is 1. The Labute approximate surface area is 137 Å². The molecule has 0 amide bonds. The van der Waals surface area contributed by atoms with E-state index in [4.69, 9.17) is 9.84 Å². The maximum absolute atomic E-state index is 12.4. The molecule has 1 heterocycles. The summed E-state index contributed by atoms with van der Waals surface area (Å²) in [6.45, 7) is 4.31. The van der Waals surface area contributed by atoms with E-state index < -0.39 is 5.97 Å². The van der Waals surface area contributed by atoms with Crippen LogP contribution in [0.4, 0.5) is 0 Å². The molecule has 0 bridgehead atoms. The molecular weight excluding hydrogens is 308 g/mol. The van der Waals surface area contributed by atoms with Crippen LogP contribution in [0.2, 0.25) is 0 Å². The summed E-state index contributed by atoms with van der Waals surface area (Å²) < 4.78 is 5.68. The molecule has 0 aliphatic carbocycles. The van der Waals surface area contributed by atoms with Crippen LogP contribution < -0.4 is 10.3 Å². The Morgan fingerprint density at radius 3 is 2.79 bits per heavy atom. The fourth-order valence-corrected chi connectivity index (χ4v) is 2.57. The molecule has 0 saturated carbocycles. The number of ether oxygens (including phenoxy) is 1. The summed E-state index contributed by atoms with van der Waals surface area (Å²) in [6, 6.07) is 9.91. The lowest BCUT2D eigenvalue weighted by atomic mass is 10.1. The molecule has 0 atom stereocenters. The average molecular weight is 324 g/mol.